The maximum atomic E-state index is 12.9. The fourth-order valence-corrected chi connectivity index (χ4v) is 12.1. The van der Waals surface area contributed by atoms with Crippen molar-refractivity contribution < 1.29 is 203 Å². The third-order valence-corrected chi connectivity index (χ3v) is 17.5. The Balaban J connectivity index is 1.32. The van der Waals surface area contributed by atoms with Gasteiger partial charge in [0.25, 0.3) is 0 Å². The minimum Gasteiger partial charge on any atom is -0.394 e. The molecule has 570 valence electrons. The maximum absolute atomic E-state index is 12.9. The second-order valence-corrected chi connectivity index (χ2v) is 24.4. The number of carbonyl (C=O) groups is 3. The van der Waals surface area contributed by atoms with Gasteiger partial charge < -0.3 is 205 Å². The Hall–Kier alpha value is -3.11. The van der Waals surface area contributed by atoms with Crippen molar-refractivity contribution in [3.8, 4) is 0 Å². The first kappa shape index (κ1) is 82.2. The fourth-order valence-electron chi connectivity index (χ4n) is 12.1. The molecule has 7 aliphatic heterocycles. The number of amides is 3. The topological polar surface area (TPSA) is 702 Å². The van der Waals surface area contributed by atoms with Gasteiger partial charge in [0.2, 0.25) is 17.7 Å². The number of nitrogens with one attached hydrogen (secondary N) is 3. The minimum atomic E-state index is -2.56. The Bertz CT molecular complexity index is 2460. The van der Waals surface area contributed by atoms with Gasteiger partial charge in [-0.3, -0.25) is 14.4 Å². The molecule has 0 spiro atoms. The van der Waals surface area contributed by atoms with E-state index in [2.05, 4.69) is 16.0 Å². The molecule has 44 nitrogen and oxygen atoms in total. The molecule has 0 aromatic rings. The summed E-state index contributed by atoms with van der Waals surface area (Å²) in [6, 6.07) is -5.48. The molecule has 7 fully saturated rings. The molecule has 44 heteroatoms. The predicted molar refractivity (Wildman–Crippen MR) is 301 cm³/mol. The average molecular weight is 1440 g/mol. The molecule has 0 radical (unpaired) electrons. The van der Waals surface area contributed by atoms with E-state index in [0.717, 1.165) is 20.8 Å². The van der Waals surface area contributed by atoms with Crippen LogP contribution < -0.4 is 16.0 Å². The molecule has 0 unspecified atom stereocenters. The lowest BCUT2D eigenvalue weighted by Gasteiger charge is -2.51. The van der Waals surface area contributed by atoms with Gasteiger partial charge in [-0.1, -0.05) is 0 Å². The Morgan fingerprint density at radius 2 is 0.714 bits per heavy atom. The molecular formula is C54H93N3O41. The quantitative estimate of drug-likeness (QED) is 0.0331. The Labute approximate surface area is 555 Å². The van der Waals surface area contributed by atoms with Gasteiger partial charge in [0, 0.05) is 20.8 Å². The van der Waals surface area contributed by atoms with Gasteiger partial charge in [-0.15, -0.1) is 0 Å². The van der Waals surface area contributed by atoms with Gasteiger partial charge in [0.05, 0.1) is 65.5 Å². The number of rotatable bonds is 29. The van der Waals surface area contributed by atoms with E-state index in [-0.39, 0.29) is 0 Å². The van der Waals surface area contributed by atoms with Gasteiger partial charge in [-0.2, -0.15) is 0 Å². The Kier molecular flexibility index (Phi) is 30.6. The van der Waals surface area contributed by atoms with Gasteiger partial charge in [-0.05, 0) is 0 Å². The Morgan fingerprint density at radius 3 is 1.18 bits per heavy atom. The van der Waals surface area contributed by atoms with Crippen LogP contribution in [0.4, 0.5) is 0 Å². The van der Waals surface area contributed by atoms with E-state index in [4.69, 9.17) is 66.3 Å². The molecule has 0 aromatic heterocycles. The van der Waals surface area contributed by atoms with Crippen molar-refractivity contribution in [3.05, 3.63) is 0 Å². The summed E-state index contributed by atoms with van der Waals surface area (Å²) in [5.74, 6) is -2.69. The summed E-state index contributed by atoms with van der Waals surface area (Å²) in [6.07, 6.45) is -76.3. The maximum Gasteiger partial charge on any atom is 0.217 e. The molecule has 0 bridgehead atoms. The molecule has 7 saturated heterocycles. The van der Waals surface area contributed by atoms with E-state index in [0.29, 0.717) is 0 Å². The molecule has 0 aliphatic carbocycles. The summed E-state index contributed by atoms with van der Waals surface area (Å²) in [5.41, 5.74) is 0. The van der Waals surface area contributed by atoms with E-state index < -0.39 is 316 Å². The van der Waals surface area contributed by atoms with Crippen molar-refractivity contribution in [2.45, 2.75) is 260 Å². The molecule has 0 aromatic carbocycles. The summed E-state index contributed by atoms with van der Waals surface area (Å²) in [7, 11) is 0. The first-order valence-corrected chi connectivity index (χ1v) is 31.0. The first-order chi connectivity index (χ1) is 46.3. The second-order valence-electron chi connectivity index (χ2n) is 24.4. The van der Waals surface area contributed by atoms with E-state index >= 15 is 0 Å². The molecule has 3 amide bonds. The highest BCUT2D eigenvalue weighted by molar-refractivity contribution is 5.74. The second kappa shape index (κ2) is 36.5. The van der Waals surface area contributed by atoms with E-state index in [1.807, 2.05) is 0 Å². The van der Waals surface area contributed by atoms with Crippen LogP contribution in [0.25, 0.3) is 0 Å². The van der Waals surface area contributed by atoms with Crippen LogP contribution in [0, 0.1) is 0 Å². The zero-order chi connectivity index (χ0) is 72.6. The van der Waals surface area contributed by atoms with E-state index in [9.17, 15) is 137 Å². The lowest BCUT2D eigenvalue weighted by atomic mass is 9.94. The smallest absolute Gasteiger partial charge is 0.217 e. The Morgan fingerprint density at radius 1 is 0.347 bits per heavy atom. The summed E-state index contributed by atoms with van der Waals surface area (Å²) < 4.78 is 82.8. The minimum absolute atomic E-state index is 0.800. The van der Waals surface area contributed by atoms with Gasteiger partial charge in [-0.25, -0.2) is 0 Å². The molecular weight excluding hydrogens is 1350 g/mol. The van der Waals surface area contributed by atoms with Gasteiger partial charge >= 0.3 is 0 Å². The molecule has 0 saturated carbocycles. The van der Waals surface area contributed by atoms with Crippen LogP contribution in [0.15, 0.2) is 0 Å². The molecule has 27 N–H and O–H groups in total. The van der Waals surface area contributed by atoms with Crippen LogP contribution in [0.2, 0.25) is 0 Å². The van der Waals surface area contributed by atoms with Crippen LogP contribution in [0.1, 0.15) is 20.8 Å². The van der Waals surface area contributed by atoms with Gasteiger partial charge in [0.1, 0.15) is 189 Å². The van der Waals surface area contributed by atoms with Crippen molar-refractivity contribution in [1.82, 2.24) is 16.0 Å². The predicted octanol–water partition coefficient (Wildman–Crippen LogP) is -18.4. The van der Waals surface area contributed by atoms with E-state index in [1.165, 1.54) is 0 Å². The number of hydrogen-bond donors (Lipinski definition) is 27. The third kappa shape index (κ3) is 18.7. The van der Waals surface area contributed by atoms with Crippen LogP contribution in [-0.2, 0) is 80.7 Å². The SMILES string of the molecule is CC(=O)N[C@H]1[C@H](O[C@@H]([C@H](O)[C@H](CO)NC(C)=O)[C@H](O)CO)O[C@H](CO)[C@@H](O[C@@H]2O[C@H](CO[C@H]3O[C@H](CO[C@H]4O[C@H](CO)[C@@H](O)[C@H](O)[C@@H]4O)[C@@H](O)[C@H](O[C@H]4O[C@H](CO)[C@@H](O)[C@H](O)[C@@H]4O)[C@@H]3O)[C@@H](O[C@@H]3O[C@H](CO)[C@@H](O)[C@H](O)[C@H]3NC(C)=O)[C@H](O[C@H]3O[C@H](CO)[C@@H](O)[C@H](O)[C@@H]3O)[C@@H]2O)[C@@H]1O. The van der Waals surface area contributed by atoms with Crippen LogP contribution >= 0.6 is 0 Å². The number of aliphatic hydroxyl groups excluding tert-OH is 24. The normalized spacial score (nSPS) is 46.1. The van der Waals surface area contributed by atoms with Crippen molar-refractivity contribution >= 4 is 17.7 Å². The van der Waals surface area contributed by atoms with Crippen LogP contribution in [-0.4, -0.2) is 439 Å². The van der Waals surface area contributed by atoms with E-state index in [1.54, 1.807) is 0 Å². The molecule has 98 heavy (non-hydrogen) atoms. The lowest BCUT2D eigenvalue weighted by molar-refractivity contribution is -0.399. The highest BCUT2D eigenvalue weighted by Crippen LogP contribution is 2.39. The van der Waals surface area contributed by atoms with Crippen molar-refractivity contribution in [2.75, 3.05) is 59.5 Å². The fraction of sp³-hybridized carbons (Fsp3) is 0.944. The summed E-state index contributed by atoms with van der Waals surface area (Å²) >= 11 is 0. The number of ether oxygens (including phenoxy) is 14. The monoisotopic (exact) mass is 1440 g/mol. The standard InChI is InChI=1S/C54H93N3O41/c1-13(65)55-16(4-58)27(69)43(17(68)5-59)94-49-26(57-15(3)67)34(76)44(22(10-64)91-49)95-54-42(84)47(98-53-40(82)37(79)31(73)21(9-63)90-53)45(96-48-25(56-14(2)66)33(75)28(70)18(6-60)87-48)24(93-54)12-86-51-41(83)46(97-52-39(81)36(78)30(72)20(8-62)89-52)32(74)23(92-51)11-85-50-38(80)35(77)29(71)19(7-61)88-50/h16-54,58-64,68-84H,4-12H2,1-3H3,(H,55,65)(H,56,66)(H,57,67)/t16-,17+,18+,19+,20+,21+,22+,23+,24+,25+,26+,27+,28+,29+,30+,31+,32+,33+,34+,35-,36-,37-,38-,39-,40-,41-,42-,43+,44+,45+,46-,47+,48-,49-,50-,51-,52+,53+,54-/m0/s1. The third-order valence-electron chi connectivity index (χ3n) is 17.5. The molecule has 7 rings (SSSR count). The first-order valence-electron chi connectivity index (χ1n) is 31.0. The van der Waals surface area contributed by atoms with Crippen molar-refractivity contribution in [3.63, 3.8) is 0 Å². The van der Waals surface area contributed by atoms with Crippen molar-refractivity contribution in [1.29, 1.82) is 0 Å². The zero-order valence-corrected chi connectivity index (χ0v) is 52.6. The van der Waals surface area contributed by atoms with Crippen LogP contribution in [0.3, 0.4) is 0 Å². The highest BCUT2D eigenvalue weighted by Gasteiger charge is 2.59. The number of hydrogen-bond acceptors (Lipinski definition) is 41. The summed E-state index contributed by atoms with van der Waals surface area (Å²) in [4.78, 5) is 37.6. The number of aliphatic hydroxyl groups is 24. The summed E-state index contributed by atoms with van der Waals surface area (Å²) in [5, 5.41) is 269. The lowest BCUT2D eigenvalue weighted by Crippen LogP contribution is -2.71. The highest BCUT2D eigenvalue weighted by atomic mass is 16.8. The van der Waals surface area contributed by atoms with Crippen molar-refractivity contribution in [2.24, 2.45) is 0 Å². The zero-order valence-electron chi connectivity index (χ0n) is 52.6. The summed E-state index contributed by atoms with van der Waals surface area (Å²) in [6.45, 7) is -6.91. The molecule has 7 heterocycles. The average Bonchev–Trinajstić information content (AvgIpc) is 0.765. The largest absolute Gasteiger partial charge is 0.394 e. The van der Waals surface area contributed by atoms with Crippen LogP contribution in [0.5, 0.6) is 0 Å². The number of carbonyl (C=O) groups excluding carboxylic acids is 3. The van der Waals surface area contributed by atoms with Gasteiger partial charge in [0.15, 0.2) is 44.0 Å². The molecule has 7 aliphatic rings. The molecule has 39 atom stereocenters.